The molecule has 0 unspecified atom stereocenters. The zero-order valence-electron chi connectivity index (χ0n) is 28.8. The SMILES string of the molecule is C=CC(=O)N1CCN(c2ccc(-c3cc(O)ccc3Cl)c(C(N)=O)c2)CC1.C=CC(=O)N1CCN(c2ccc(-c3cc(O)ccc3Cl)cc2C#N)CC1. The fraction of sp³-hybridized carbons (Fsp3) is 0.200. The van der Waals surface area contributed by atoms with Crippen molar-refractivity contribution in [3.05, 3.63) is 119 Å². The largest absolute Gasteiger partial charge is 0.508 e. The molecule has 6 rings (SSSR count). The monoisotopic (exact) mass is 752 g/mol. The lowest BCUT2D eigenvalue weighted by molar-refractivity contribution is -0.127. The standard InChI is InChI=1S/C20H20ClN3O3.C20H18ClN3O2/c1-2-19(26)24-9-7-23(8-10-24)13-3-5-15(17(11-13)20(22)27)16-12-14(25)4-6-18(16)21;1-2-20(26)24-9-7-23(8-10-24)19-6-3-14(11-15(19)13-22)17-12-16(25)4-5-18(17)21/h2-6,11-12,25H,1,7-10H2,(H2,22,27);2-6,11-12,25H,1,7-10H2. The van der Waals surface area contributed by atoms with Gasteiger partial charge in [0, 0.05) is 84.8 Å². The van der Waals surface area contributed by atoms with Gasteiger partial charge in [-0.1, -0.05) is 48.5 Å². The van der Waals surface area contributed by atoms with Crippen molar-refractivity contribution in [1.29, 1.82) is 5.26 Å². The highest BCUT2D eigenvalue weighted by Crippen LogP contribution is 2.36. The maximum absolute atomic E-state index is 12.0. The smallest absolute Gasteiger partial charge is 0.249 e. The predicted octanol–water partition coefficient (Wildman–Crippen LogP) is 6.06. The number of phenols is 2. The lowest BCUT2D eigenvalue weighted by Gasteiger charge is -2.36. The maximum atomic E-state index is 12.0. The molecule has 0 bridgehead atoms. The van der Waals surface area contributed by atoms with Crippen molar-refractivity contribution in [2.45, 2.75) is 0 Å². The Hall–Kier alpha value is -5.96. The van der Waals surface area contributed by atoms with Crippen molar-refractivity contribution in [1.82, 2.24) is 9.80 Å². The third-order valence-corrected chi connectivity index (χ3v) is 9.78. The number of aromatic hydroxyl groups is 2. The van der Waals surface area contributed by atoms with Crippen LogP contribution in [0.1, 0.15) is 15.9 Å². The first kappa shape index (κ1) is 38.3. The summed E-state index contributed by atoms with van der Waals surface area (Å²) < 4.78 is 0. The summed E-state index contributed by atoms with van der Waals surface area (Å²) in [7, 11) is 0. The molecule has 2 fully saturated rings. The molecule has 2 aliphatic rings. The molecule has 3 amide bonds. The zero-order valence-corrected chi connectivity index (χ0v) is 30.4. The highest BCUT2D eigenvalue weighted by atomic mass is 35.5. The van der Waals surface area contributed by atoms with Crippen LogP contribution in [0.15, 0.2) is 98.1 Å². The number of hydrogen-bond donors (Lipinski definition) is 3. The Morgan fingerprint density at radius 2 is 1.21 bits per heavy atom. The maximum Gasteiger partial charge on any atom is 0.249 e. The van der Waals surface area contributed by atoms with Gasteiger partial charge >= 0.3 is 0 Å². The van der Waals surface area contributed by atoms with Crippen LogP contribution in [0.5, 0.6) is 11.5 Å². The van der Waals surface area contributed by atoms with E-state index in [0.717, 1.165) is 16.9 Å². The van der Waals surface area contributed by atoms with E-state index in [2.05, 4.69) is 29.0 Å². The van der Waals surface area contributed by atoms with Crippen molar-refractivity contribution in [3.8, 4) is 39.8 Å². The van der Waals surface area contributed by atoms with Gasteiger partial charge in [0.05, 0.1) is 11.3 Å². The van der Waals surface area contributed by atoms with Gasteiger partial charge in [0.2, 0.25) is 17.7 Å². The number of benzene rings is 4. The number of amides is 3. The number of nitrogens with two attached hydrogens (primary N) is 1. The van der Waals surface area contributed by atoms with E-state index in [1.165, 1.54) is 30.4 Å². The number of halogens is 2. The number of nitrogens with zero attached hydrogens (tertiary/aromatic N) is 5. The molecule has 0 aliphatic carbocycles. The van der Waals surface area contributed by atoms with Crippen LogP contribution in [0.25, 0.3) is 22.3 Å². The lowest BCUT2D eigenvalue weighted by Crippen LogP contribution is -2.48. The molecule has 53 heavy (non-hydrogen) atoms. The van der Waals surface area contributed by atoms with Gasteiger partial charge < -0.3 is 35.5 Å². The van der Waals surface area contributed by atoms with Crippen LogP contribution >= 0.6 is 23.2 Å². The quantitative estimate of drug-likeness (QED) is 0.193. The van der Waals surface area contributed by atoms with Crippen molar-refractivity contribution < 1.29 is 24.6 Å². The lowest BCUT2D eigenvalue weighted by atomic mass is 9.97. The number of phenolic OH excluding ortho intramolecular Hbond substituents is 2. The second-order valence-corrected chi connectivity index (χ2v) is 13.1. The minimum Gasteiger partial charge on any atom is -0.508 e. The number of hydrogen-bond acceptors (Lipinski definition) is 8. The number of nitriles is 1. The normalized spacial score (nSPS) is 14.1. The summed E-state index contributed by atoms with van der Waals surface area (Å²) >= 11 is 12.5. The third-order valence-electron chi connectivity index (χ3n) is 9.12. The van der Waals surface area contributed by atoms with Gasteiger partial charge in [0.25, 0.3) is 0 Å². The third kappa shape index (κ3) is 8.92. The van der Waals surface area contributed by atoms with Crippen molar-refractivity contribution in [2.75, 3.05) is 62.2 Å². The summed E-state index contributed by atoms with van der Waals surface area (Å²) in [6.45, 7) is 12.0. The second kappa shape index (κ2) is 17.0. The Labute approximate surface area is 318 Å². The molecule has 13 heteroatoms. The minimum absolute atomic E-state index is 0.0527. The van der Waals surface area contributed by atoms with E-state index in [-0.39, 0.29) is 23.3 Å². The first-order valence-corrected chi connectivity index (χ1v) is 17.5. The molecule has 11 nitrogen and oxygen atoms in total. The van der Waals surface area contributed by atoms with Crippen LogP contribution in [-0.4, -0.2) is 90.1 Å². The molecular weight excluding hydrogens is 715 g/mol. The van der Waals surface area contributed by atoms with Gasteiger partial charge in [-0.05, 0) is 83.9 Å². The summed E-state index contributed by atoms with van der Waals surface area (Å²) in [5.74, 6) is -0.556. The summed E-state index contributed by atoms with van der Waals surface area (Å²) in [5, 5.41) is 30.0. The Kier molecular flexibility index (Phi) is 12.3. The molecule has 272 valence electrons. The topological polar surface area (TPSA) is 154 Å². The van der Waals surface area contributed by atoms with E-state index in [1.807, 2.05) is 18.2 Å². The van der Waals surface area contributed by atoms with E-state index in [4.69, 9.17) is 28.9 Å². The molecule has 2 heterocycles. The number of carbonyl (C=O) groups excluding carboxylic acids is 3. The van der Waals surface area contributed by atoms with E-state index in [0.29, 0.717) is 90.2 Å². The number of anilines is 2. The van der Waals surface area contributed by atoms with E-state index >= 15 is 0 Å². The Bertz CT molecular complexity index is 2100. The van der Waals surface area contributed by atoms with Gasteiger partial charge in [0.15, 0.2) is 0 Å². The van der Waals surface area contributed by atoms with Gasteiger partial charge in [-0.3, -0.25) is 14.4 Å². The Balaban J connectivity index is 0.000000204. The summed E-state index contributed by atoms with van der Waals surface area (Å²) in [6, 6.07) is 22.5. The Morgan fingerprint density at radius 1 is 0.679 bits per heavy atom. The highest BCUT2D eigenvalue weighted by molar-refractivity contribution is 6.34. The number of primary amides is 1. The van der Waals surface area contributed by atoms with Crippen molar-refractivity contribution in [3.63, 3.8) is 0 Å². The summed E-state index contributed by atoms with van der Waals surface area (Å²) in [4.78, 5) is 43.1. The molecule has 0 atom stereocenters. The molecule has 4 aromatic rings. The van der Waals surface area contributed by atoms with Crippen LogP contribution < -0.4 is 15.5 Å². The second-order valence-electron chi connectivity index (χ2n) is 12.3. The molecule has 0 aromatic heterocycles. The number of rotatable bonds is 7. The number of carbonyl (C=O) groups is 3. The molecule has 0 spiro atoms. The molecule has 4 N–H and O–H groups in total. The van der Waals surface area contributed by atoms with Gasteiger partial charge in [-0.15, -0.1) is 0 Å². The van der Waals surface area contributed by atoms with Crippen LogP contribution in [0.4, 0.5) is 11.4 Å². The predicted molar refractivity (Wildman–Crippen MR) is 208 cm³/mol. The summed E-state index contributed by atoms with van der Waals surface area (Å²) in [6.07, 6.45) is 2.64. The first-order valence-electron chi connectivity index (χ1n) is 16.7. The van der Waals surface area contributed by atoms with E-state index in [9.17, 15) is 29.9 Å². The average Bonchev–Trinajstić information content (AvgIpc) is 3.19. The van der Waals surface area contributed by atoms with Gasteiger partial charge in [0.1, 0.15) is 17.6 Å². The summed E-state index contributed by atoms with van der Waals surface area (Å²) in [5.41, 5.74) is 10.7. The molecular formula is C40H38Cl2N6O5. The molecule has 4 aromatic carbocycles. The molecule has 0 saturated carbocycles. The number of piperazine rings is 2. The molecule has 2 aliphatic heterocycles. The van der Waals surface area contributed by atoms with Crippen molar-refractivity contribution in [2.24, 2.45) is 5.73 Å². The fourth-order valence-electron chi connectivity index (χ4n) is 6.30. The van der Waals surface area contributed by atoms with E-state index in [1.54, 1.807) is 46.2 Å². The molecule has 0 radical (unpaired) electrons. The van der Waals surface area contributed by atoms with Crippen molar-refractivity contribution >= 4 is 52.3 Å². The van der Waals surface area contributed by atoms with Crippen LogP contribution in [-0.2, 0) is 9.59 Å². The van der Waals surface area contributed by atoms with Crippen LogP contribution in [0, 0.1) is 11.3 Å². The van der Waals surface area contributed by atoms with Gasteiger partial charge in [-0.25, -0.2) is 0 Å². The van der Waals surface area contributed by atoms with Crippen LogP contribution in [0.3, 0.4) is 0 Å². The highest BCUT2D eigenvalue weighted by Gasteiger charge is 2.23. The molecule has 2 saturated heterocycles. The van der Waals surface area contributed by atoms with E-state index < -0.39 is 5.91 Å². The average molecular weight is 754 g/mol. The van der Waals surface area contributed by atoms with Crippen LogP contribution in [0.2, 0.25) is 10.0 Å². The fourth-order valence-corrected chi connectivity index (χ4v) is 6.75. The first-order chi connectivity index (χ1) is 25.4. The van der Waals surface area contributed by atoms with Gasteiger partial charge in [-0.2, -0.15) is 5.26 Å². The minimum atomic E-state index is -0.577. The zero-order chi connectivity index (χ0) is 38.2. The Morgan fingerprint density at radius 3 is 1.74 bits per heavy atom.